The molecule has 1 amide bonds. The molecule has 0 atom stereocenters. The Morgan fingerprint density at radius 3 is 2.52 bits per heavy atom. The van der Waals surface area contributed by atoms with Crippen LogP contribution in [0.15, 0.2) is 76.9 Å². The average molecular weight is 436 g/mol. The van der Waals surface area contributed by atoms with Crippen LogP contribution in [0.5, 0.6) is 0 Å². The molecule has 7 nitrogen and oxygen atoms in total. The maximum Gasteiger partial charge on any atom is 0.277 e. The van der Waals surface area contributed by atoms with Crippen LogP contribution in [-0.2, 0) is 4.79 Å². The van der Waals surface area contributed by atoms with Crippen molar-refractivity contribution in [3.05, 3.63) is 67.3 Å². The molecular weight excluding hydrogens is 410 g/mol. The van der Waals surface area contributed by atoms with Crippen LogP contribution < -0.4 is 10.2 Å². The predicted molar refractivity (Wildman–Crippen MR) is 124 cm³/mol. The summed E-state index contributed by atoms with van der Waals surface area (Å²) in [5.74, 6) is 0.531. The van der Waals surface area contributed by atoms with Gasteiger partial charge in [-0.15, -0.1) is 16.8 Å². The zero-order chi connectivity index (χ0) is 21.5. The fourth-order valence-corrected chi connectivity index (χ4v) is 3.98. The molecule has 8 heteroatoms. The van der Waals surface area contributed by atoms with Gasteiger partial charge in [-0.3, -0.25) is 9.69 Å². The lowest BCUT2D eigenvalue weighted by Crippen LogP contribution is -2.46. The summed E-state index contributed by atoms with van der Waals surface area (Å²) < 4.78 is 5.62. The molecule has 0 spiro atoms. The highest BCUT2D eigenvalue weighted by Gasteiger charge is 2.16. The molecule has 0 aliphatic carbocycles. The number of hydrogen-bond acceptors (Lipinski definition) is 7. The van der Waals surface area contributed by atoms with Crippen LogP contribution in [0.4, 0.5) is 11.4 Å². The topological polar surface area (TPSA) is 74.5 Å². The zero-order valence-electron chi connectivity index (χ0n) is 17.2. The number of anilines is 2. The highest BCUT2D eigenvalue weighted by atomic mass is 32.2. The van der Waals surface area contributed by atoms with Crippen molar-refractivity contribution in [2.75, 3.05) is 48.7 Å². The second-order valence-electron chi connectivity index (χ2n) is 7.20. The third kappa shape index (κ3) is 5.74. The molecule has 0 unspecified atom stereocenters. The minimum Gasteiger partial charge on any atom is -0.411 e. The summed E-state index contributed by atoms with van der Waals surface area (Å²) in [7, 11) is 0. The van der Waals surface area contributed by atoms with Gasteiger partial charge in [0.1, 0.15) is 0 Å². The van der Waals surface area contributed by atoms with Crippen LogP contribution in [-0.4, -0.2) is 59.5 Å². The molecule has 31 heavy (non-hydrogen) atoms. The van der Waals surface area contributed by atoms with Crippen LogP contribution in [0.25, 0.3) is 11.5 Å². The average Bonchev–Trinajstić information content (AvgIpc) is 3.29. The number of benzene rings is 2. The van der Waals surface area contributed by atoms with Gasteiger partial charge in [0, 0.05) is 49.7 Å². The Morgan fingerprint density at radius 2 is 1.81 bits per heavy atom. The Bertz CT molecular complexity index is 998. The molecule has 0 bridgehead atoms. The number of rotatable bonds is 8. The highest BCUT2D eigenvalue weighted by molar-refractivity contribution is 7.99. The van der Waals surface area contributed by atoms with Gasteiger partial charge in [0.15, 0.2) is 0 Å². The first-order valence-electron chi connectivity index (χ1n) is 10.2. The van der Waals surface area contributed by atoms with E-state index in [1.807, 2.05) is 48.5 Å². The number of thioether (sulfide) groups is 1. The Morgan fingerprint density at radius 1 is 1.06 bits per heavy atom. The van der Waals surface area contributed by atoms with Crippen molar-refractivity contribution >= 4 is 29.0 Å². The fraction of sp³-hybridized carbons (Fsp3) is 0.261. The van der Waals surface area contributed by atoms with E-state index in [1.165, 1.54) is 17.4 Å². The summed E-state index contributed by atoms with van der Waals surface area (Å²) in [5, 5.41) is 11.3. The fourth-order valence-electron chi connectivity index (χ4n) is 3.42. The van der Waals surface area contributed by atoms with Gasteiger partial charge in [-0.1, -0.05) is 36.0 Å². The molecule has 2 heterocycles. The molecule has 1 saturated heterocycles. The summed E-state index contributed by atoms with van der Waals surface area (Å²) in [6, 6.07) is 17.5. The molecule has 3 aromatic rings. The summed E-state index contributed by atoms with van der Waals surface area (Å²) in [5.41, 5.74) is 2.80. The standard InChI is InChI=1S/C23H25N5O2S/c1-2-12-27-13-15-28(16-14-27)20-10-8-19(9-11-20)24-21(29)17-31-23-26-25-22(30-23)18-6-4-3-5-7-18/h2-11H,1,12-17H2,(H,24,29). The van der Waals surface area contributed by atoms with Crippen LogP contribution in [0.2, 0.25) is 0 Å². The Balaban J connectivity index is 1.25. The quantitative estimate of drug-likeness (QED) is 0.426. The first-order valence-corrected chi connectivity index (χ1v) is 11.2. The Labute approximate surface area is 186 Å². The first kappa shape index (κ1) is 21.1. The number of piperazine rings is 1. The maximum atomic E-state index is 12.3. The van der Waals surface area contributed by atoms with Crippen molar-refractivity contribution in [2.45, 2.75) is 5.22 Å². The SMILES string of the molecule is C=CCN1CCN(c2ccc(NC(=O)CSc3nnc(-c4ccccc4)o3)cc2)CC1. The van der Waals surface area contributed by atoms with Gasteiger partial charge in [0.25, 0.3) is 5.22 Å². The number of amides is 1. The Kier molecular flexibility index (Phi) is 7.01. The van der Waals surface area contributed by atoms with Crippen LogP contribution in [0.1, 0.15) is 0 Å². The van der Waals surface area contributed by atoms with E-state index in [2.05, 4.69) is 44.0 Å². The normalized spacial score (nSPS) is 14.4. The van der Waals surface area contributed by atoms with E-state index in [-0.39, 0.29) is 11.7 Å². The molecule has 0 radical (unpaired) electrons. The molecule has 1 aliphatic heterocycles. The van der Waals surface area contributed by atoms with Crippen LogP contribution in [0, 0.1) is 0 Å². The number of nitrogens with zero attached hydrogens (tertiary/aromatic N) is 4. The second-order valence-corrected chi connectivity index (χ2v) is 8.13. The number of carbonyl (C=O) groups excluding carboxylic acids is 1. The van der Waals surface area contributed by atoms with Gasteiger partial charge in [-0.05, 0) is 36.4 Å². The molecule has 4 rings (SSSR count). The smallest absolute Gasteiger partial charge is 0.277 e. The molecule has 1 fully saturated rings. The number of carbonyl (C=O) groups is 1. The lowest BCUT2D eigenvalue weighted by atomic mass is 10.2. The van der Waals surface area contributed by atoms with Gasteiger partial charge in [0.2, 0.25) is 11.8 Å². The molecule has 0 saturated carbocycles. The zero-order valence-corrected chi connectivity index (χ0v) is 18.1. The first-order chi connectivity index (χ1) is 15.2. The van der Waals surface area contributed by atoms with Crippen molar-refractivity contribution < 1.29 is 9.21 Å². The van der Waals surface area contributed by atoms with E-state index >= 15 is 0 Å². The van der Waals surface area contributed by atoms with Gasteiger partial charge in [-0.25, -0.2) is 0 Å². The molecule has 160 valence electrons. The number of aromatic nitrogens is 2. The van der Waals surface area contributed by atoms with E-state index in [1.54, 1.807) is 0 Å². The second kappa shape index (κ2) is 10.3. The van der Waals surface area contributed by atoms with Crippen molar-refractivity contribution in [3.8, 4) is 11.5 Å². The van der Waals surface area contributed by atoms with Gasteiger partial charge in [-0.2, -0.15) is 0 Å². The van der Waals surface area contributed by atoms with Gasteiger partial charge >= 0.3 is 0 Å². The van der Waals surface area contributed by atoms with Gasteiger partial charge in [0.05, 0.1) is 5.75 Å². The summed E-state index contributed by atoms with van der Waals surface area (Å²) in [6.45, 7) is 8.79. The predicted octanol–water partition coefficient (Wildman–Crippen LogP) is 3.78. The van der Waals surface area contributed by atoms with E-state index in [0.29, 0.717) is 11.1 Å². The lowest BCUT2D eigenvalue weighted by Gasteiger charge is -2.35. The third-order valence-electron chi connectivity index (χ3n) is 5.03. The van der Waals surface area contributed by atoms with Crippen molar-refractivity contribution in [3.63, 3.8) is 0 Å². The molecule has 1 aliphatic rings. The van der Waals surface area contributed by atoms with Crippen molar-refractivity contribution in [1.29, 1.82) is 0 Å². The molecule has 2 aromatic carbocycles. The van der Waals surface area contributed by atoms with Gasteiger partial charge < -0.3 is 14.6 Å². The number of nitrogens with one attached hydrogen (secondary N) is 1. The van der Waals surface area contributed by atoms with Crippen LogP contribution in [0.3, 0.4) is 0 Å². The van der Waals surface area contributed by atoms with E-state index in [0.717, 1.165) is 44.0 Å². The van der Waals surface area contributed by atoms with E-state index in [9.17, 15) is 4.79 Å². The monoisotopic (exact) mass is 435 g/mol. The lowest BCUT2D eigenvalue weighted by molar-refractivity contribution is -0.113. The summed E-state index contributed by atoms with van der Waals surface area (Å²) in [4.78, 5) is 17.1. The molecule has 1 aromatic heterocycles. The minimum absolute atomic E-state index is 0.116. The van der Waals surface area contributed by atoms with Crippen molar-refractivity contribution in [1.82, 2.24) is 15.1 Å². The third-order valence-corrected chi connectivity index (χ3v) is 5.85. The van der Waals surface area contributed by atoms with Crippen molar-refractivity contribution in [2.24, 2.45) is 0 Å². The minimum atomic E-state index is -0.116. The van der Waals surface area contributed by atoms with Crippen LogP contribution >= 0.6 is 11.8 Å². The Hall–Kier alpha value is -3.10. The van der Waals surface area contributed by atoms with E-state index < -0.39 is 0 Å². The highest BCUT2D eigenvalue weighted by Crippen LogP contribution is 2.23. The largest absolute Gasteiger partial charge is 0.411 e. The van der Waals surface area contributed by atoms with E-state index in [4.69, 9.17) is 4.42 Å². The molecule has 1 N–H and O–H groups in total. The maximum absolute atomic E-state index is 12.3. The number of hydrogen-bond donors (Lipinski definition) is 1. The molecular formula is C23H25N5O2S. The summed E-state index contributed by atoms with van der Waals surface area (Å²) >= 11 is 1.22. The summed E-state index contributed by atoms with van der Waals surface area (Å²) in [6.07, 6.45) is 1.95.